The normalized spacial score (nSPS) is 10.7. The topological polar surface area (TPSA) is 70.2 Å². The van der Waals surface area contributed by atoms with E-state index in [0.717, 1.165) is 13.1 Å². The summed E-state index contributed by atoms with van der Waals surface area (Å²) in [7, 11) is 3.98. The van der Waals surface area contributed by atoms with E-state index in [1.807, 2.05) is 14.1 Å². The molecule has 0 aliphatic carbocycles. The highest BCUT2D eigenvalue weighted by atomic mass is 35.5. The fourth-order valence-corrected chi connectivity index (χ4v) is 2.29. The third-order valence-corrected chi connectivity index (χ3v) is 3.31. The fraction of sp³-hybridized carbons (Fsp3) is 0.267. The molecule has 8 heteroatoms. The summed E-state index contributed by atoms with van der Waals surface area (Å²) >= 11 is 11.8. The van der Waals surface area contributed by atoms with Crippen LogP contribution in [-0.2, 0) is 0 Å². The summed E-state index contributed by atoms with van der Waals surface area (Å²) in [5.74, 6) is 0.241. The third-order valence-electron chi connectivity index (χ3n) is 2.87. The molecule has 2 aromatic rings. The number of carbonyl (C=O) groups excluding carboxylic acids is 1. The van der Waals surface area contributed by atoms with Crippen molar-refractivity contribution in [2.24, 2.45) is 0 Å². The molecule has 6 nitrogen and oxygen atoms in total. The van der Waals surface area contributed by atoms with Gasteiger partial charge < -0.3 is 15.5 Å². The van der Waals surface area contributed by atoms with Crippen LogP contribution in [0.15, 0.2) is 30.6 Å². The Kier molecular flexibility index (Phi) is 6.15. The third kappa shape index (κ3) is 5.67. The lowest BCUT2D eigenvalue weighted by molar-refractivity contribution is 0.102. The second kappa shape index (κ2) is 8.10. The van der Waals surface area contributed by atoms with Crippen LogP contribution in [0.4, 0.5) is 11.5 Å². The molecule has 0 unspecified atom stereocenters. The van der Waals surface area contributed by atoms with Gasteiger partial charge in [-0.3, -0.25) is 4.79 Å². The molecule has 0 fully saturated rings. The Balaban J connectivity index is 1.97. The molecule has 0 saturated carbocycles. The van der Waals surface area contributed by atoms with Crippen LogP contribution in [-0.4, -0.2) is 48.0 Å². The van der Waals surface area contributed by atoms with E-state index in [4.69, 9.17) is 23.2 Å². The van der Waals surface area contributed by atoms with Gasteiger partial charge in [0, 0.05) is 28.8 Å². The quantitative estimate of drug-likeness (QED) is 0.835. The van der Waals surface area contributed by atoms with Crippen LogP contribution in [0, 0.1) is 0 Å². The zero-order chi connectivity index (χ0) is 16.8. The Bertz CT molecular complexity index is 656. The number of likely N-dealkylation sites (N-methyl/N-ethyl adjacent to an activating group) is 1. The molecule has 0 radical (unpaired) electrons. The molecule has 0 saturated heterocycles. The Morgan fingerprint density at radius 2 is 1.83 bits per heavy atom. The molecule has 0 atom stereocenters. The predicted molar refractivity (Wildman–Crippen MR) is 93.5 cm³/mol. The number of hydrogen-bond acceptors (Lipinski definition) is 5. The van der Waals surface area contributed by atoms with E-state index in [-0.39, 0.29) is 11.6 Å². The average Bonchev–Trinajstić information content (AvgIpc) is 2.46. The summed E-state index contributed by atoms with van der Waals surface area (Å²) in [5, 5.41) is 6.69. The maximum absolute atomic E-state index is 12.1. The van der Waals surface area contributed by atoms with E-state index < -0.39 is 0 Å². The Labute approximate surface area is 144 Å². The van der Waals surface area contributed by atoms with Crippen molar-refractivity contribution >= 4 is 40.6 Å². The molecule has 1 amide bonds. The summed E-state index contributed by atoms with van der Waals surface area (Å²) in [5.41, 5.74) is 0.710. The van der Waals surface area contributed by atoms with Crippen LogP contribution < -0.4 is 10.6 Å². The van der Waals surface area contributed by atoms with E-state index in [1.54, 1.807) is 18.2 Å². The summed E-state index contributed by atoms with van der Waals surface area (Å²) < 4.78 is 0. The number of anilines is 2. The predicted octanol–water partition coefficient (Wildman–Crippen LogP) is 3.01. The Hall–Kier alpha value is -1.89. The number of halogens is 2. The first-order valence-electron chi connectivity index (χ1n) is 6.92. The Morgan fingerprint density at radius 3 is 2.39 bits per heavy atom. The molecule has 0 bridgehead atoms. The zero-order valence-electron chi connectivity index (χ0n) is 12.8. The lowest BCUT2D eigenvalue weighted by Crippen LogP contribution is -2.21. The van der Waals surface area contributed by atoms with Crippen molar-refractivity contribution in [2.75, 3.05) is 37.8 Å². The highest BCUT2D eigenvalue weighted by Crippen LogP contribution is 2.22. The lowest BCUT2D eigenvalue weighted by atomic mass is 10.3. The first-order chi connectivity index (χ1) is 10.9. The average molecular weight is 354 g/mol. The minimum atomic E-state index is -0.379. The van der Waals surface area contributed by atoms with Gasteiger partial charge in [0.05, 0.1) is 12.4 Å². The van der Waals surface area contributed by atoms with E-state index in [1.165, 1.54) is 12.4 Å². The molecule has 2 rings (SSSR count). The maximum atomic E-state index is 12.1. The zero-order valence-corrected chi connectivity index (χ0v) is 14.3. The SMILES string of the molecule is CN(C)CCNc1cnc(C(=O)Nc2cc(Cl)cc(Cl)c2)cn1. The molecule has 0 spiro atoms. The molecule has 122 valence electrons. The molecule has 0 aliphatic heterocycles. The number of amides is 1. The van der Waals surface area contributed by atoms with E-state index in [9.17, 15) is 4.79 Å². The van der Waals surface area contributed by atoms with Crippen LogP contribution in [0.1, 0.15) is 10.5 Å². The van der Waals surface area contributed by atoms with Crippen LogP contribution in [0.25, 0.3) is 0 Å². The number of benzene rings is 1. The minimum absolute atomic E-state index is 0.208. The van der Waals surface area contributed by atoms with Crippen molar-refractivity contribution in [3.63, 3.8) is 0 Å². The fourth-order valence-electron chi connectivity index (χ4n) is 1.77. The second-order valence-corrected chi connectivity index (χ2v) is 6.00. The van der Waals surface area contributed by atoms with E-state index in [2.05, 4.69) is 25.5 Å². The first kappa shape index (κ1) is 17.5. The molecule has 1 aromatic heterocycles. The van der Waals surface area contributed by atoms with Gasteiger partial charge in [0.2, 0.25) is 0 Å². The molecule has 23 heavy (non-hydrogen) atoms. The summed E-state index contributed by atoms with van der Waals surface area (Å²) in [6, 6.07) is 4.80. The van der Waals surface area contributed by atoms with Crippen molar-refractivity contribution in [3.05, 3.63) is 46.3 Å². The van der Waals surface area contributed by atoms with Crippen molar-refractivity contribution in [2.45, 2.75) is 0 Å². The maximum Gasteiger partial charge on any atom is 0.275 e. The standard InChI is InChI=1S/C15H17Cl2N5O/c1-22(2)4-3-18-14-9-19-13(8-20-14)15(23)21-12-6-10(16)5-11(17)7-12/h5-9H,3-4H2,1-2H3,(H,18,20)(H,21,23). The number of hydrogen-bond donors (Lipinski definition) is 2. The van der Waals surface area contributed by atoms with Crippen molar-refractivity contribution in [1.29, 1.82) is 0 Å². The van der Waals surface area contributed by atoms with Gasteiger partial charge in [0.15, 0.2) is 0 Å². The van der Waals surface area contributed by atoms with Gasteiger partial charge in [-0.2, -0.15) is 0 Å². The number of aromatic nitrogens is 2. The smallest absolute Gasteiger partial charge is 0.275 e. The molecule has 1 aromatic carbocycles. The summed E-state index contributed by atoms with van der Waals surface area (Å²) in [6.07, 6.45) is 2.94. The highest BCUT2D eigenvalue weighted by Gasteiger charge is 2.09. The highest BCUT2D eigenvalue weighted by molar-refractivity contribution is 6.35. The van der Waals surface area contributed by atoms with Gasteiger partial charge in [0.25, 0.3) is 5.91 Å². The first-order valence-corrected chi connectivity index (χ1v) is 7.68. The van der Waals surface area contributed by atoms with Gasteiger partial charge in [-0.15, -0.1) is 0 Å². The van der Waals surface area contributed by atoms with Gasteiger partial charge in [-0.25, -0.2) is 9.97 Å². The summed E-state index contributed by atoms with van der Waals surface area (Å²) in [6.45, 7) is 1.62. The molecule has 0 aliphatic rings. The minimum Gasteiger partial charge on any atom is -0.368 e. The molecular weight excluding hydrogens is 337 g/mol. The molecule has 2 N–H and O–H groups in total. The second-order valence-electron chi connectivity index (χ2n) is 5.13. The van der Waals surface area contributed by atoms with E-state index >= 15 is 0 Å². The number of nitrogens with one attached hydrogen (secondary N) is 2. The van der Waals surface area contributed by atoms with Crippen LogP contribution in [0.2, 0.25) is 10.0 Å². The lowest BCUT2D eigenvalue weighted by Gasteiger charge is -2.10. The van der Waals surface area contributed by atoms with Gasteiger partial charge in [-0.05, 0) is 32.3 Å². The van der Waals surface area contributed by atoms with Gasteiger partial charge in [0.1, 0.15) is 11.5 Å². The van der Waals surface area contributed by atoms with Crippen LogP contribution in [0.5, 0.6) is 0 Å². The number of rotatable bonds is 6. The number of carbonyl (C=O) groups is 1. The molecular formula is C15H17Cl2N5O. The van der Waals surface area contributed by atoms with Gasteiger partial charge >= 0.3 is 0 Å². The Morgan fingerprint density at radius 1 is 1.13 bits per heavy atom. The largest absolute Gasteiger partial charge is 0.368 e. The summed E-state index contributed by atoms with van der Waals surface area (Å²) in [4.78, 5) is 22.4. The monoisotopic (exact) mass is 353 g/mol. The molecule has 1 heterocycles. The van der Waals surface area contributed by atoms with Crippen LogP contribution >= 0.6 is 23.2 Å². The van der Waals surface area contributed by atoms with Crippen molar-refractivity contribution < 1.29 is 4.79 Å². The van der Waals surface area contributed by atoms with Crippen molar-refractivity contribution in [3.8, 4) is 0 Å². The van der Waals surface area contributed by atoms with Gasteiger partial charge in [-0.1, -0.05) is 23.2 Å². The van der Waals surface area contributed by atoms with Crippen molar-refractivity contribution in [1.82, 2.24) is 14.9 Å². The van der Waals surface area contributed by atoms with E-state index in [0.29, 0.717) is 21.6 Å². The van der Waals surface area contributed by atoms with Crippen LogP contribution in [0.3, 0.4) is 0 Å². The number of nitrogens with zero attached hydrogens (tertiary/aromatic N) is 3.